The van der Waals surface area contributed by atoms with Crippen LogP contribution in [0.1, 0.15) is 33.9 Å². The molecule has 3 rings (SSSR count). The monoisotopic (exact) mass is 469 g/mol. The smallest absolute Gasteiger partial charge is 0.339 e. The Balaban J connectivity index is 2.02. The summed E-state index contributed by atoms with van der Waals surface area (Å²) in [5, 5.41) is 12.2. The first-order chi connectivity index (χ1) is 15.6. The van der Waals surface area contributed by atoms with E-state index in [-0.39, 0.29) is 28.9 Å². The summed E-state index contributed by atoms with van der Waals surface area (Å²) in [5.41, 5.74) is -0.735. The number of aliphatic hydroxyl groups excluding tert-OH is 1. The highest BCUT2D eigenvalue weighted by molar-refractivity contribution is 5.91. The summed E-state index contributed by atoms with van der Waals surface area (Å²) >= 11 is 0. The number of nitrogens with zero attached hydrogens (tertiary/aromatic N) is 3. The molecule has 3 N–H and O–H groups in total. The van der Waals surface area contributed by atoms with Crippen LogP contribution in [-0.4, -0.2) is 67.4 Å². The Bertz CT molecular complexity index is 1100. The molecule has 15 nitrogen and oxygen atoms in total. The fourth-order valence-corrected chi connectivity index (χ4v) is 2.98. The Labute approximate surface area is 185 Å². The van der Waals surface area contributed by atoms with E-state index in [2.05, 4.69) is 30.0 Å². The minimum atomic E-state index is -1.28. The van der Waals surface area contributed by atoms with Crippen molar-refractivity contribution in [2.45, 2.75) is 52.2 Å². The molecule has 0 saturated carbocycles. The third kappa shape index (κ3) is 5.33. The van der Waals surface area contributed by atoms with Crippen LogP contribution in [0.15, 0.2) is 11.1 Å². The molecule has 3 heterocycles. The van der Waals surface area contributed by atoms with Crippen LogP contribution < -0.4 is 10.9 Å². The zero-order chi connectivity index (χ0) is 24.3. The Morgan fingerprint density at radius 2 is 1.85 bits per heavy atom. The maximum absolute atomic E-state index is 12.5. The van der Waals surface area contributed by atoms with Gasteiger partial charge < -0.3 is 9.84 Å². The van der Waals surface area contributed by atoms with Crippen molar-refractivity contribution in [1.29, 1.82) is 0 Å². The van der Waals surface area contributed by atoms with E-state index in [0.29, 0.717) is 0 Å². The van der Waals surface area contributed by atoms with Crippen LogP contribution >= 0.6 is 0 Å². The summed E-state index contributed by atoms with van der Waals surface area (Å²) in [4.78, 5) is 77.0. The minimum Gasteiger partial charge on any atom is -0.394 e. The Kier molecular flexibility index (Phi) is 7.37. The average Bonchev–Trinajstić information content (AvgIpc) is 3.31. The Morgan fingerprint density at radius 1 is 1.21 bits per heavy atom. The zero-order valence-electron chi connectivity index (χ0n) is 18.1. The number of aliphatic hydroxyl groups is 1. The number of anilines is 1. The number of imidazole rings is 1. The number of ether oxygens (including phenoxy) is 1. The standard InChI is InChI=1S/C18H23N5O10/c1-7(2)15(27)21-18-20-14-11(16(28)22-18)19-6-23(14)17-13(33-31-9(4)26)12(10(5-24)29-17)32-30-8(3)25/h6-7,10,12-13,17,24H,5H2,1-4H3,(H2,20,21,22,27,28)/t10-,12+,13-,17-/m1/s1. The summed E-state index contributed by atoms with van der Waals surface area (Å²) in [7, 11) is 0. The van der Waals surface area contributed by atoms with Crippen LogP contribution in [-0.2, 0) is 38.7 Å². The van der Waals surface area contributed by atoms with Gasteiger partial charge in [0.05, 0.1) is 12.9 Å². The summed E-state index contributed by atoms with van der Waals surface area (Å²) in [6.07, 6.45) is -3.59. The number of aromatic nitrogens is 4. The molecule has 33 heavy (non-hydrogen) atoms. The molecular formula is C18H23N5O10. The molecule has 0 radical (unpaired) electrons. The molecule has 0 aromatic carbocycles. The second-order valence-electron chi connectivity index (χ2n) is 7.40. The van der Waals surface area contributed by atoms with E-state index in [1.165, 1.54) is 10.9 Å². The number of nitrogens with one attached hydrogen (secondary N) is 2. The molecule has 2 aromatic rings. The second kappa shape index (κ2) is 10.0. The summed E-state index contributed by atoms with van der Waals surface area (Å²) < 4.78 is 7.02. The largest absolute Gasteiger partial charge is 0.394 e. The van der Waals surface area contributed by atoms with Gasteiger partial charge in [-0.15, -0.1) is 0 Å². The first-order valence-corrected chi connectivity index (χ1v) is 9.84. The van der Waals surface area contributed by atoms with Gasteiger partial charge in [-0.25, -0.2) is 14.6 Å². The van der Waals surface area contributed by atoms with Crippen molar-refractivity contribution in [2.75, 3.05) is 11.9 Å². The molecule has 0 aliphatic carbocycles. The van der Waals surface area contributed by atoms with E-state index >= 15 is 0 Å². The van der Waals surface area contributed by atoms with Crippen LogP contribution in [0.3, 0.4) is 0 Å². The lowest BCUT2D eigenvalue weighted by Crippen LogP contribution is -2.38. The summed E-state index contributed by atoms with van der Waals surface area (Å²) in [5.74, 6) is -2.47. The van der Waals surface area contributed by atoms with Crippen LogP contribution in [0.25, 0.3) is 11.2 Å². The van der Waals surface area contributed by atoms with Gasteiger partial charge in [0, 0.05) is 19.8 Å². The fourth-order valence-electron chi connectivity index (χ4n) is 2.98. The predicted octanol–water partition coefficient (Wildman–Crippen LogP) is -0.670. The highest BCUT2D eigenvalue weighted by Crippen LogP contribution is 2.35. The molecule has 2 aromatic heterocycles. The molecule has 1 aliphatic rings. The number of hydrogen-bond acceptors (Lipinski definition) is 12. The van der Waals surface area contributed by atoms with Crippen molar-refractivity contribution >= 4 is 35.0 Å². The number of H-pyrrole nitrogens is 1. The van der Waals surface area contributed by atoms with E-state index in [9.17, 15) is 24.3 Å². The highest BCUT2D eigenvalue weighted by atomic mass is 17.2. The molecule has 180 valence electrons. The lowest BCUT2D eigenvalue weighted by atomic mass is 10.1. The Morgan fingerprint density at radius 3 is 2.42 bits per heavy atom. The molecule has 0 bridgehead atoms. The molecule has 4 atom stereocenters. The minimum absolute atomic E-state index is 0.0101. The van der Waals surface area contributed by atoms with E-state index in [1.807, 2.05) is 0 Å². The van der Waals surface area contributed by atoms with E-state index < -0.39 is 48.6 Å². The molecule has 0 spiro atoms. The van der Waals surface area contributed by atoms with Gasteiger partial charge in [0.1, 0.15) is 6.10 Å². The van der Waals surface area contributed by atoms with Crippen molar-refractivity contribution in [3.63, 3.8) is 0 Å². The van der Waals surface area contributed by atoms with Crippen molar-refractivity contribution < 1.29 is 43.8 Å². The quantitative estimate of drug-likeness (QED) is 0.326. The lowest BCUT2D eigenvalue weighted by Gasteiger charge is -2.21. The van der Waals surface area contributed by atoms with E-state index in [0.717, 1.165) is 13.8 Å². The van der Waals surface area contributed by atoms with Crippen molar-refractivity contribution in [3.8, 4) is 0 Å². The second-order valence-corrected chi connectivity index (χ2v) is 7.40. The summed E-state index contributed by atoms with van der Waals surface area (Å²) in [6, 6.07) is 0. The van der Waals surface area contributed by atoms with Gasteiger partial charge in [-0.3, -0.25) is 34.2 Å². The molecule has 1 amide bonds. The number of rotatable bonds is 8. The molecule has 1 aliphatic heterocycles. The van der Waals surface area contributed by atoms with E-state index in [1.54, 1.807) is 13.8 Å². The highest BCUT2D eigenvalue weighted by Gasteiger charge is 2.50. The van der Waals surface area contributed by atoms with Gasteiger partial charge in [-0.05, 0) is 0 Å². The first-order valence-electron chi connectivity index (χ1n) is 9.84. The summed E-state index contributed by atoms with van der Waals surface area (Å²) in [6.45, 7) is 4.93. The molecular weight excluding hydrogens is 446 g/mol. The number of fused-ring (bicyclic) bond motifs is 1. The van der Waals surface area contributed by atoms with Gasteiger partial charge in [0.15, 0.2) is 29.6 Å². The molecule has 1 saturated heterocycles. The lowest BCUT2D eigenvalue weighted by molar-refractivity contribution is -0.358. The van der Waals surface area contributed by atoms with Gasteiger partial charge in [-0.2, -0.15) is 14.8 Å². The van der Waals surface area contributed by atoms with E-state index in [4.69, 9.17) is 14.5 Å². The normalized spacial score (nSPS) is 22.5. The van der Waals surface area contributed by atoms with Crippen LogP contribution in [0.4, 0.5) is 5.95 Å². The van der Waals surface area contributed by atoms with Gasteiger partial charge in [0.2, 0.25) is 11.9 Å². The molecule has 0 unspecified atom stereocenters. The SMILES string of the molecule is CC(=O)OO[C@@H]1[C@@H](OOC(C)=O)[C@@H](CO)O[C@H]1n1cnc2c(=O)[nH]c(NC(=O)C(C)C)nc21. The number of amides is 1. The Hall–Kier alpha value is -3.40. The van der Waals surface area contributed by atoms with Crippen LogP contribution in [0, 0.1) is 5.92 Å². The third-order valence-corrected chi connectivity index (χ3v) is 4.49. The number of carbonyl (C=O) groups is 3. The van der Waals surface area contributed by atoms with Crippen molar-refractivity contribution in [1.82, 2.24) is 19.5 Å². The van der Waals surface area contributed by atoms with Crippen molar-refractivity contribution in [2.24, 2.45) is 5.92 Å². The number of carbonyl (C=O) groups excluding carboxylic acids is 3. The maximum atomic E-state index is 12.5. The maximum Gasteiger partial charge on any atom is 0.339 e. The van der Waals surface area contributed by atoms with Crippen molar-refractivity contribution in [3.05, 3.63) is 16.7 Å². The number of hydrogen-bond donors (Lipinski definition) is 3. The van der Waals surface area contributed by atoms with Crippen LogP contribution in [0.5, 0.6) is 0 Å². The predicted molar refractivity (Wildman–Crippen MR) is 106 cm³/mol. The van der Waals surface area contributed by atoms with Gasteiger partial charge in [0.25, 0.3) is 5.56 Å². The zero-order valence-corrected chi connectivity index (χ0v) is 18.1. The molecule has 15 heteroatoms. The van der Waals surface area contributed by atoms with Crippen LogP contribution in [0.2, 0.25) is 0 Å². The third-order valence-electron chi connectivity index (χ3n) is 4.49. The number of aromatic amines is 1. The van der Waals surface area contributed by atoms with Gasteiger partial charge in [-0.1, -0.05) is 13.8 Å². The molecule has 1 fully saturated rings. The van der Waals surface area contributed by atoms with Gasteiger partial charge >= 0.3 is 11.9 Å². The average molecular weight is 469 g/mol. The fraction of sp³-hybridized carbons (Fsp3) is 0.556. The topological polar surface area (TPSA) is 193 Å². The first kappa shape index (κ1) is 24.2.